The third kappa shape index (κ3) is 3.32. The molecule has 0 atom stereocenters. The molecule has 98 valence electrons. The van der Waals surface area contributed by atoms with Crippen LogP contribution < -0.4 is 0 Å². The smallest absolute Gasteiger partial charge is 0.336 e. The van der Waals surface area contributed by atoms with Gasteiger partial charge in [-0.3, -0.25) is 0 Å². The van der Waals surface area contributed by atoms with Crippen LogP contribution in [0.3, 0.4) is 0 Å². The lowest BCUT2D eigenvalue weighted by atomic mass is 10.2. The molecule has 0 radical (unpaired) electrons. The molecule has 0 unspecified atom stereocenters. The molecule has 0 saturated carbocycles. The Kier molecular flexibility index (Phi) is 4.16. The Morgan fingerprint density at radius 1 is 1.11 bits per heavy atom. The second-order valence-electron chi connectivity index (χ2n) is 3.84. The van der Waals surface area contributed by atoms with Crippen molar-refractivity contribution in [3.8, 4) is 0 Å². The number of benzene rings is 2. The Morgan fingerprint density at radius 3 is 2.53 bits per heavy atom. The summed E-state index contributed by atoms with van der Waals surface area (Å²) in [6, 6.07) is 10.2. The van der Waals surface area contributed by atoms with E-state index in [4.69, 9.17) is 5.11 Å². The van der Waals surface area contributed by atoms with Crippen LogP contribution in [-0.2, 0) is 5.75 Å². The van der Waals surface area contributed by atoms with E-state index < -0.39 is 17.6 Å². The monoisotopic (exact) mass is 280 g/mol. The number of rotatable bonds is 4. The van der Waals surface area contributed by atoms with Gasteiger partial charge < -0.3 is 5.11 Å². The third-order valence-electron chi connectivity index (χ3n) is 2.50. The molecule has 0 aliphatic carbocycles. The molecule has 5 heteroatoms. The predicted molar refractivity (Wildman–Crippen MR) is 69.3 cm³/mol. The van der Waals surface area contributed by atoms with E-state index in [9.17, 15) is 13.6 Å². The third-order valence-corrected chi connectivity index (χ3v) is 3.64. The van der Waals surface area contributed by atoms with Crippen molar-refractivity contribution in [1.29, 1.82) is 0 Å². The van der Waals surface area contributed by atoms with Crippen molar-refractivity contribution < 1.29 is 18.7 Å². The minimum absolute atomic E-state index is 0.204. The largest absolute Gasteiger partial charge is 0.478 e. The van der Waals surface area contributed by atoms with E-state index in [0.29, 0.717) is 16.2 Å². The zero-order valence-corrected chi connectivity index (χ0v) is 10.6. The standard InChI is InChI=1S/C14H10F2O2S/c15-11-6-5-9(7-12(11)16)8-19-13-4-2-1-3-10(13)14(17)18/h1-7H,8H2,(H,17,18). The first-order valence-electron chi connectivity index (χ1n) is 5.47. The molecule has 0 aliphatic rings. The quantitative estimate of drug-likeness (QED) is 0.861. The lowest BCUT2D eigenvalue weighted by Gasteiger charge is -2.06. The normalized spacial score (nSPS) is 10.4. The summed E-state index contributed by atoms with van der Waals surface area (Å²) in [6.45, 7) is 0. The molecule has 2 nitrogen and oxygen atoms in total. The highest BCUT2D eigenvalue weighted by Gasteiger charge is 2.10. The van der Waals surface area contributed by atoms with Gasteiger partial charge in [-0.25, -0.2) is 13.6 Å². The number of carbonyl (C=O) groups is 1. The molecule has 0 amide bonds. The summed E-state index contributed by atoms with van der Waals surface area (Å²) in [5.74, 6) is -2.42. The van der Waals surface area contributed by atoms with Crippen LogP contribution in [0.4, 0.5) is 8.78 Å². The summed E-state index contributed by atoms with van der Waals surface area (Å²) in [6.07, 6.45) is 0. The maximum absolute atomic E-state index is 13.0. The SMILES string of the molecule is O=C(O)c1ccccc1SCc1ccc(F)c(F)c1. The number of carboxylic acid groups (broad SMARTS) is 1. The number of hydrogen-bond donors (Lipinski definition) is 1. The zero-order valence-electron chi connectivity index (χ0n) is 9.77. The van der Waals surface area contributed by atoms with E-state index in [2.05, 4.69) is 0 Å². The van der Waals surface area contributed by atoms with E-state index >= 15 is 0 Å². The molecule has 0 heterocycles. The molecular formula is C14H10F2O2S. The van der Waals surface area contributed by atoms with Gasteiger partial charge in [-0.05, 0) is 29.8 Å². The minimum atomic E-state index is -1.01. The fourth-order valence-electron chi connectivity index (χ4n) is 1.56. The highest BCUT2D eigenvalue weighted by molar-refractivity contribution is 7.98. The van der Waals surface area contributed by atoms with Crippen molar-refractivity contribution in [2.75, 3.05) is 0 Å². The summed E-state index contributed by atoms with van der Waals surface area (Å²) < 4.78 is 25.8. The van der Waals surface area contributed by atoms with Crippen molar-refractivity contribution in [2.45, 2.75) is 10.6 Å². The van der Waals surface area contributed by atoms with Gasteiger partial charge in [0.15, 0.2) is 11.6 Å². The first-order chi connectivity index (χ1) is 9.08. The van der Waals surface area contributed by atoms with Crippen molar-refractivity contribution in [2.24, 2.45) is 0 Å². The summed E-state index contributed by atoms with van der Waals surface area (Å²) in [7, 11) is 0. The van der Waals surface area contributed by atoms with Crippen molar-refractivity contribution >= 4 is 17.7 Å². The highest BCUT2D eigenvalue weighted by atomic mass is 32.2. The van der Waals surface area contributed by atoms with E-state index in [-0.39, 0.29) is 5.56 Å². The maximum atomic E-state index is 13.0. The van der Waals surface area contributed by atoms with Gasteiger partial charge in [-0.1, -0.05) is 18.2 Å². The van der Waals surface area contributed by atoms with E-state index in [1.807, 2.05) is 0 Å². The van der Waals surface area contributed by atoms with Gasteiger partial charge in [-0.2, -0.15) is 0 Å². The van der Waals surface area contributed by atoms with Crippen LogP contribution in [0.2, 0.25) is 0 Å². The van der Waals surface area contributed by atoms with Gasteiger partial charge in [0.2, 0.25) is 0 Å². The Hall–Kier alpha value is -1.88. The molecule has 0 fully saturated rings. The van der Waals surface area contributed by atoms with Crippen LogP contribution in [-0.4, -0.2) is 11.1 Å². The van der Waals surface area contributed by atoms with Gasteiger partial charge in [0.05, 0.1) is 5.56 Å². The number of hydrogen-bond acceptors (Lipinski definition) is 2. The summed E-state index contributed by atoms with van der Waals surface area (Å²) in [5, 5.41) is 9.02. The van der Waals surface area contributed by atoms with Crippen LogP contribution in [0.5, 0.6) is 0 Å². The van der Waals surface area contributed by atoms with Crippen LogP contribution in [0.15, 0.2) is 47.4 Å². The Bertz CT molecular complexity index is 614. The van der Waals surface area contributed by atoms with E-state index in [1.165, 1.54) is 23.9 Å². The second kappa shape index (κ2) is 5.84. The average Bonchev–Trinajstić information content (AvgIpc) is 2.40. The van der Waals surface area contributed by atoms with Gasteiger partial charge >= 0.3 is 5.97 Å². The van der Waals surface area contributed by atoms with Crippen LogP contribution in [0.1, 0.15) is 15.9 Å². The lowest BCUT2D eigenvalue weighted by Crippen LogP contribution is -1.98. The second-order valence-corrected chi connectivity index (χ2v) is 4.86. The first kappa shape index (κ1) is 13.5. The topological polar surface area (TPSA) is 37.3 Å². The van der Waals surface area contributed by atoms with Gasteiger partial charge in [-0.15, -0.1) is 11.8 Å². The number of halogens is 2. The highest BCUT2D eigenvalue weighted by Crippen LogP contribution is 2.26. The van der Waals surface area contributed by atoms with Crippen molar-refractivity contribution in [3.63, 3.8) is 0 Å². The summed E-state index contributed by atoms with van der Waals surface area (Å²) >= 11 is 1.27. The van der Waals surface area contributed by atoms with Gasteiger partial charge in [0.1, 0.15) is 0 Å². The molecule has 2 aromatic rings. The molecule has 0 aromatic heterocycles. The molecule has 0 aliphatic heterocycles. The Morgan fingerprint density at radius 2 is 1.84 bits per heavy atom. The number of carboxylic acids is 1. The van der Waals surface area contributed by atoms with Crippen LogP contribution in [0.25, 0.3) is 0 Å². The molecule has 0 saturated heterocycles. The molecule has 1 N–H and O–H groups in total. The summed E-state index contributed by atoms with van der Waals surface area (Å²) in [5.41, 5.74) is 0.805. The maximum Gasteiger partial charge on any atom is 0.336 e. The number of aromatic carboxylic acids is 1. The van der Waals surface area contributed by atoms with Gasteiger partial charge in [0.25, 0.3) is 0 Å². The van der Waals surface area contributed by atoms with Crippen molar-refractivity contribution in [1.82, 2.24) is 0 Å². The Balaban J connectivity index is 2.14. The van der Waals surface area contributed by atoms with E-state index in [0.717, 1.165) is 12.1 Å². The average molecular weight is 280 g/mol. The number of thioether (sulfide) groups is 1. The molecule has 19 heavy (non-hydrogen) atoms. The zero-order chi connectivity index (χ0) is 13.8. The van der Waals surface area contributed by atoms with Gasteiger partial charge in [0, 0.05) is 10.6 Å². The fourth-order valence-corrected chi connectivity index (χ4v) is 2.55. The van der Waals surface area contributed by atoms with E-state index in [1.54, 1.807) is 18.2 Å². The minimum Gasteiger partial charge on any atom is -0.478 e. The molecule has 2 rings (SSSR count). The Labute approximate surface area is 113 Å². The molecular weight excluding hydrogens is 270 g/mol. The van der Waals surface area contributed by atoms with Crippen molar-refractivity contribution in [3.05, 3.63) is 65.2 Å². The first-order valence-corrected chi connectivity index (χ1v) is 6.45. The molecule has 0 bridgehead atoms. The predicted octanol–water partition coefficient (Wildman–Crippen LogP) is 3.96. The van der Waals surface area contributed by atoms with Crippen LogP contribution in [0, 0.1) is 11.6 Å². The summed E-state index contributed by atoms with van der Waals surface area (Å²) in [4.78, 5) is 11.6. The lowest BCUT2D eigenvalue weighted by molar-refractivity contribution is 0.0693. The molecule has 0 spiro atoms. The fraction of sp³-hybridized carbons (Fsp3) is 0.0714. The van der Waals surface area contributed by atoms with Crippen LogP contribution >= 0.6 is 11.8 Å². The molecule has 2 aromatic carbocycles.